The van der Waals surface area contributed by atoms with E-state index in [0.717, 1.165) is 19.6 Å². The number of benzene rings is 1. The van der Waals surface area contributed by atoms with Gasteiger partial charge < -0.3 is 5.32 Å². The van der Waals surface area contributed by atoms with Crippen molar-refractivity contribution in [3.63, 3.8) is 0 Å². The van der Waals surface area contributed by atoms with E-state index < -0.39 is 0 Å². The SMILES string of the molecule is C=CCN(CCC1CNc2ccccc21)C(C)C. The van der Waals surface area contributed by atoms with Gasteiger partial charge in [-0.05, 0) is 38.4 Å². The van der Waals surface area contributed by atoms with Crippen LogP contribution in [-0.2, 0) is 0 Å². The number of anilines is 1. The summed E-state index contributed by atoms with van der Waals surface area (Å²) in [4.78, 5) is 2.48. The normalized spacial score (nSPS) is 17.9. The van der Waals surface area contributed by atoms with E-state index in [4.69, 9.17) is 0 Å². The summed E-state index contributed by atoms with van der Waals surface area (Å²) >= 11 is 0. The fourth-order valence-electron chi connectivity index (χ4n) is 2.66. The Hall–Kier alpha value is -1.28. The van der Waals surface area contributed by atoms with Crippen LogP contribution in [0.2, 0.25) is 0 Å². The summed E-state index contributed by atoms with van der Waals surface area (Å²) in [6, 6.07) is 9.27. The molecular formula is C16H24N2. The van der Waals surface area contributed by atoms with E-state index in [2.05, 4.69) is 54.9 Å². The second-order valence-corrected chi connectivity index (χ2v) is 5.33. The van der Waals surface area contributed by atoms with Crippen molar-refractivity contribution in [2.45, 2.75) is 32.2 Å². The van der Waals surface area contributed by atoms with E-state index in [1.165, 1.54) is 17.7 Å². The maximum Gasteiger partial charge on any atom is 0.0376 e. The van der Waals surface area contributed by atoms with E-state index in [9.17, 15) is 0 Å². The Morgan fingerprint density at radius 2 is 2.22 bits per heavy atom. The van der Waals surface area contributed by atoms with Crippen molar-refractivity contribution in [3.8, 4) is 0 Å². The number of hydrogen-bond acceptors (Lipinski definition) is 2. The molecule has 1 atom stereocenters. The van der Waals surface area contributed by atoms with Gasteiger partial charge in [0.05, 0.1) is 0 Å². The van der Waals surface area contributed by atoms with Crippen molar-refractivity contribution in [2.24, 2.45) is 0 Å². The van der Waals surface area contributed by atoms with Crippen molar-refractivity contribution < 1.29 is 0 Å². The van der Waals surface area contributed by atoms with Crippen LogP contribution in [0.15, 0.2) is 36.9 Å². The summed E-state index contributed by atoms with van der Waals surface area (Å²) in [7, 11) is 0. The van der Waals surface area contributed by atoms with Gasteiger partial charge in [0.2, 0.25) is 0 Å². The van der Waals surface area contributed by atoms with Crippen molar-refractivity contribution in [1.82, 2.24) is 4.90 Å². The Morgan fingerprint density at radius 3 is 2.94 bits per heavy atom. The maximum atomic E-state index is 3.84. The molecule has 1 heterocycles. The zero-order valence-corrected chi connectivity index (χ0v) is 11.5. The van der Waals surface area contributed by atoms with Crippen LogP contribution in [0.3, 0.4) is 0 Å². The molecule has 0 aliphatic carbocycles. The van der Waals surface area contributed by atoms with Crippen molar-refractivity contribution in [1.29, 1.82) is 0 Å². The van der Waals surface area contributed by atoms with E-state index in [0.29, 0.717) is 12.0 Å². The third-order valence-electron chi connectivity index (χ3n) is 3.80. The molecule has 0 fully saturated rings. The highest BCUT2D eigenvalue weighted by Gasteiger charge is 2.22. The van der Waals surface area contributed by atoms with Crippen LogP contribution in [0, 0.1) is 0 Å². The van der Waals surface area contributed by atoms with Crippen LogP contribution < -0.4 is 5.32 Å². The monoisotopic (exact) mass is 244 g/mol. The predicted octanol–water partition coefficient (Wildman–Crippen LogP) is 3.48. The summed E-state index contributed by atoms with van der Waals surface area (Å²) in [5.74, 6) is 0.660. The first-order valence-electron chi connectivity index (χ1n) is 6.90. The lowest BCUT2D eigenvalue weighted by Gasteiger charge is -2.26. The first-order chi connectivity index (χ1) is 8.72. The van der Waals surface area contributed by atoms with E-state index in [1.807, 2.05) is 6.08 Å². The summed E-state index contributed by atoms with van der Waals surface area (Å²) in [6.07, 6.45) is 3.22. The van der Waals surface area contributed by atoms with E-state index in [-0.39, 0.29) is 0 Å². The summed E-state index contributed by atoms with van der Waals surface area (Å²) in [5.41, 5.74) is 2.81. The topological polar surface area (TPSA) is 15.3 Å². The Kier molecular flexibility index (Phi) is 4.43. The number of nitrogens with one attached hydrogen (secondary N) is 1. The highest BCUT2D eigenvalue weighted by atomic mass is 15.1. The molecule has 1 N–H and O–H groups in total. The third-order valence-corrected chi connectivity index (χ3v) is 3.80. The maximum absolute atomic E-state index is 3.84. The molecule has 0 radical (unpaired) electrons. The van der Waals surface area contributed by atoms with Crippen LogP contribution in [0.25, 0.3) is 0 Å². The molecule has 0 saturated heterocycles. The second kappa shape index (κ2) is 6.05. The molecule has 0 spiro atoms. The van der Waals surface area contributed by atoms with Crippen LogP contribution in [0.5, 0.6) is 0 Å². The predicted molar refractivity (Wildman–Crippen MR) is 79.2 cm³/mol. The fourth-order valence-corrected chi connectivity index (χ4v) is 2.66. The van der Waals surface area contributed by atoms with Crippen molar-refractivity contribution in [2.75, 3.05) is 25.0 Å². The quantitative estimate of drug-likeness (QED) is 0.771. The average Bonchev–Trinajstić information content (AvgIpc) is 2.77. The molecule has 2 rings (SSSR count). The molecule has 0 saturated carbocycles. The lowest BCUT2D eigenvalue weighted by Crippen LogP contribution is -2.32. The molecule has 1 aliphatic rings. The summed E-state index contributed by atoms with van der Waals surface area (Å²) in [5, 5.41) is 3.50. The lowest BCUT2D eigenvalue weighted by molar-refractivity contribution is 0.238. The summed E-state index contributed by atoms with van der Waals surface area (Å²) in [6.45, 7) is 11.6. The minimum absolute atomic E-state index is 0.590. The van der Waals surface area contributed by atoms with Crippen molar-refractivity contribution in [3.05, 3.63) is 42.5 Å². The summed E-state index contributed by atoms with van der Waals surface area (Å²) < 4.78 is 0. The Bertz CT molecular complexity index is 398. The van der Waals surface area contributed by atoms with Gasteiger partial charge in [0, 0.05) is 30.7 Å². The molecule has 0 amide bonds. The molecule has 0 aromatic heterocycles. The smallest absolute Gasteiger partial charge is 0.0376 e. The van der Waals surface area contributed by atoms with Gasteiger partial charge in [-0.2, -0.15) is 0 Å². The number of hydrogen-bond donors (Lipinski definition) is 1. The zero-order valence-electron chi connectivity index (χ0n) is 11.5. The highest BCUT2D eigenvalue weighted by Crippen LogP contribution is 2.33. The third kappa shape index (κ3) is 2.94. The van der Waals surface area contributed by atoms with Crippen LogP contribution >= 0.6 is 0 Å². The van der Waals surface area contributed by atoms with Gasteiger partial charge in [-0.3, -0.25) is 4.90 Å². The van der Waals surface area contributed by atoms with Gasteiger partial charge in [-0.1, -0.05) is 24.3 Å². The number of nitrogens with zero attached hydrogens (tertiary/aromatic N) is 1. The minimum Gasteiger partial charge on any atom is -0.384 e. The van der Waals surface area contributed by atoms with Gasteiger partial charge >= 0.3 is 0 Å². The Labute approximate surface area is 111 Å². The van der Waals surface area contributed by atoms with E-state index in [1.54, 1.807) is 0 Å². The highest BCUT2D eigenvalue weighted by molar-refractivity contribution is 5.57. The van der Waals surface area contributed by atoms with Gasteiger partial charge in [0.15, 0.2) is 0 Å². The molecule has 1 unspecified atom stereocenters. The second-order valence-electron chi connectivity index (χ2n) is 5.33. The first kappa shape index (κ1) is 13.2. The molecule has 2 heteroatoms. The van der Waals surface area contributed by atoms with Gasteiger partial charge in [0.1, 0.15) is 0 Å². The molecule has 1 aromatic rings. The molecule has 1 aromatic carbocycles. The zero-order chi connectivity index (χ0) is 13.0. The Morgan fingerprint density at radius 1 is 1.44 bits per heavy atom. The van der Waals surface area contributed by atoms with E-state index >= 15 is 0 Å². The number of rotatable bonds is 6. The van der Waals surface area contributed by atoms with Crippen molar-refractivity contribution >= 4 is 5.69 Å². The first-order valence-corrected chi connectivity index (χ1v) is 6.90. The lowest BCUT2D eigenvalue weighted by atomic mass is 9.97. The molecule has 0 bridgehead atoms. The van der Waals surface area contributed by atoms with Gasteiger partial charge in [-0.15, -0.1) is 6.58 Å². The number of fused-ring (bicyclic) bond motifs is 1. The van der Waals surface area contributed by atoms with Gasteiger partial charge in [-0.25, -0.2) is 0 Å². The molecule has 98 valence electrons. The average molecular weight is 244 g/mol. The van der Waals surface area contributed by atoms with Crippen LogP contribution in [0.1, 0.15) is 31.7 Å². The molecule has 1 aliphatic heterocycles. The largest absolute Gasteiger partial charge is 0.384 e. The molecule has 2 nitrogen and oxygen atoms in total. The Balaban J connectivity index is 1.93. The minimum atomic E-state index is 0.590. The standard InChI is InChI=1S/C16H24N2/c1-4-10-18(13(2)3)11-9-14-12-17-16-8-6-5-7-15(14)16/h4-8,13-14,17H,1,9-12H2,2-3H3. The molecular weight excluding hydrogens is 220 g/mol. The fraction of sp³-hybridized carbons (Fsp3) is 0.500. The molecule has 18 heavy (non-hydrogen) atoms. The number of para-hydroxylation sites is 1. The van der Waals surface area contributed by atoms with Crippen LogP contribution in [-0.4, -0.2) is 30.6 Å². The van der Waals surface area contributed by atoms with Crippen LogP contribution in [0.4, 0.5) is 5.69 Å². The van der Waals surface area contributed by atoms with Gasteiger partial charge in [0.25, 0.3) is 0 Å².